The maximum atomic E-state index is 12.8. The highest BCUT2D eigenvalue weighted by Gasteiger charge is 2.84. The Hall–Kier alpha value is -0.550. The molecular formula is C7F13IO2. The smallest absolute Gasteiger partial charge is 0.261 e. The van der Waals surface area contributed by atoms with Gasteiger partial charge in [0.1, 0.15) is 0 Å². The number of ether oxygens (including phenoxy) is 1. The Kier molecular flexibility index (Phi) is 5.63. The van der Waals surface area contributed by atoms with Crippen molar-refractivity contribution in [2.75, 3.05) is 0 Å². The largest absolute Gasteiger partial charge is 0.459 e. The van der Waals surface area contributed by atoms with E-state index in [9.17, 15) is 61.9 Å². The average Bonchev–Trinajstić information content (AvgIpc) is 2.24. The Morgan fingerprint density at radius 3 is 1.30 bits per heavy atom. The normalized spacial score (nSPS) is 17.8. The summed E-state index contributed by atoms with van der Waals surface area (Å²) in [5.41, 5.74) is 0. The Labute approximate surface area is 130 Å². The fourth-order valence-corrected chi connectivity index (χ4v) is 1.15. The molecule has 0 fully saturated rings. The number of carbonyl (C=O) groups excluding carboxylic acids is 1. The van der Waals surface area contributed by atoms with Gasteiger partial charge in [0.15, 0.2) is 0 Å². The van der Waals surface area contributed by atoms with Gasteiger partial charge < -0.3 is 0 Å². The van der Waals surface area contributed by atoms with E-state index in [2.05, 4.69) is 0 Å². The van der Waals surface area contributed by atoms with Crippen LogP contribution in [0.4, 0.5) is 57.1 Å². The van der Waals surface area contributed by atoms with Crippen LogP contribution < -0.4 is 0 Å². The van der Waals surface area contributed by atoms with Crippen LogP contribution in [-0.4, -0.2) is 40.0 Å². The maximum Gasteiger partial charge on any atom is 0.459 e. The topological polar surface area (TPSA) is 26.3 Å². The average molecular weight is 490 g/mol. The summed E-state index contributed by atoms with van der Waals surface area (Å²) in [6.07, 6.45) is -14.4. The lowest BCUT2D eigenvalue weighted by Crippen LogP contribution is -2.65. The summed E-state index contributed by atoms with van der Waals surface area (Å²) in [6, 6.07) is -4.45. The zero-order valence-corrected chi connectivity index (χ0v) is 11.8. The first-order chi connectivity index (χ1) is 9.65. The SMILES string of the molecule is O=C(F)C(F)(OC(F)(F)C(F)(F)C(F)(F)C(F)(F)I)C(F)(F)F. The van der Waals surface area contributed by atoms with E-state index in [1.807, 2.05) is 0 Å². The number of rotatable bonds is 6. The second kappa shape index (κ2) is 5.76. The third-order valence-electron chi connectivity index (χ3n) is 2.00. The molecule has 16 heteroatoms. The third kappa shape index (κ3) is 3.60. The molecule has 0 aromatic heterocycles. The summed E-state index contributed by atoms with van der Waals surface area (Å²) in [6.45, 7) is 0. The van der Waals surface area contributed by atoms with Gasteiger partial charge in [-0.15, -0.1) is 0 Å². The van der Waals surface area contributed by atoms with E-state index >= 15 is 0 Å². The summed E-state index contributed by atoms with van der Waals surface area (Å²) in [5.74, 6) is -21.3. The summed E-state index contributed by atoms with van der Waals surface area (Å²) < 4.78 is 157. The Morgan fingerprint density at radius 2 is 1.09 bits per heavy atom. The van der Waals surface area contributed by atoms with Crippen molar-refractivity contribution in [3.8, 4) is 0 Å². The molecule has 1 atom stereocenters. The Balaban J connectivity index is 6.04. The number of hydrogen-bond donors (Lipinski definition) is 0. The van der Waals surface area contributed by atoms with Crippen molar-refractivity contribution in [1.29, 1.82) is 0 Å². The van der Waals surface area contributed by atoms with Gasteiger partial charge in [-0.05, 0) is 0 Å². The number of halogens is 14. The standard InChI is InChI=1S/C7F13IO2/c8-1(22)2(9,5(14,15)16)23-7(19,20)4(12,13)3(10,11)6(17,18)21. The highest BCUT2D eigenvalue weighted by atomic mass is 127. The molecule has 23 heavy (non-hydrogen) atoms. The predicted octanol–water partition coefficient (Wildman–Crippen LogP) is 4.62. The lowest BCUT2D eigenvalue weighted by atomic mass is 10.1. The molecule has 0 bridgehead atoms. The molecule has 138 valence electrons. The molecule has 0 N–H and O–H groups in total. The number of alkyl halides is 13. The van der Waals surface area contributed by atoms with Gasteiger partial charge in [0.25, 0.3) is 0 Å². The van der Waals surface area contributed by atoms with Crippen LogP contribution in [-0.2, 0) is 9.53 Å². The van der Waals surface area contributed by atoms with Gasteiger partial charge in [0, 0.05) is 22.6 Å². The van der Waals surface area contributed by atoms with Gasteiger partial charge in [-0.25, -0.2) is 0 Å². The van der Waals surface area contributed by atoms with Crippen LogP contribution in [0.15, 0.2) is 0 Å². The van der Waals surface area contributed by atoms with Crippen molar-refractivity contribution in [2.45, 2.75) is 33.9 Å². The summed E-state index contributed by atoms with van der Waals surface area (Å²) >= 11 is -0.758. The molecule has 0 heterocycles. The molecule has 2 nitrogen and oxygen atoms in total. The zero-order valence-electron chi connectivity index (χ0n) is 9.61. The van der Waals surface area contributed by atoms with Crippen molar-refractivity contribution in [2.24, 2.45) is 0 Å². The molecule has 0 spiro atoms. The minimum absolute atomic E-state index is 0.758. The Bertz CT molecular complexity index is 466. The van der Waals surface area contributed by atoms with E-state index in [0.29, 0.717) is 0 Å². The van der Waals surface area contributed by atoms with E-state index < -0.39 is 62.5 Å². The number of hydrogen-bond acceptors (Lipinski definition) is 2. The first-order valence-electron chi connectivity index (χ1n) is 4.51. The van der Waals surface area contributed by atoms with Crippen molar-refractivity contribution >= 4 is 28.6 Å². The molecule has 0 radical (unpaired) electrons. The lowest BCUT2D eigenvalue weighted by molar-refractivity contribution is -0.468. The van der Waals surface area contributed by atoms with Crippen molar-refractivity contribution in [3.05, 3.63) is 0 Å². The Morgan fingerprint density at radius 1 is 0.739 bits per heavy atom. The second-order valence-corrected chi connectivity index (χ2v) is 4.99. The molecule has 0 rings (SSSR count). The van der Waals surface area contributed by atoms with Gasteiger partial charge in [0.05, 0.1) is 0 Å². The van der Waals surface area contributed by atoms with Crippen LogP contribution in [0.25, 0.3) is 0 Å². The van der Waals surface area contributed by atoms with E-state index in [4.69, 9.17) is 0 Å². The molecule has 0 amide bonds. The predicted molar refractivity (Wildman–Crippen MR) is 50.9 cm³/mol. The van der Waals surface area contributed by atoms with Crippen LogP contribution >= 0.6 is 22.6 Å². The molecule has 0 aliphatic rings. The van der Waals surface area contributed by atoms with Crippen LogP contribution in [0.2, 0.25) is 0 Å². The van der Waals surface area contributed by atoms with E-state index in [1.165, 1.54) is 0 Å². The van der Waals surface area contributed by atoms with Crippen molar-refractivity contribution in [3.63, 3.8) is 0 Å². The third-order valence-corrected chi connectivity index (χ3v) is 2.68. The van der Waals surface area contributed by atoms with Gasteiger partial charge in [0.2, 0.25) is 0 Å². The van der Waals surface area contributed by atoms with Crippen molar-refractivity contribution < 1.29 is 66.6 Å². The maximum absolute atomic E-state index is 12.8. The molecule has 0 aromatic rings. The van der Waals surface area contributed by atoms with E-state index in [-0.39, 0.29) is 0 Å². The van der Waals surface area contributed by atoms with Gasteiger partial charge in [-0.2, -0.15) is 57.1 Å². The van der Waals surface area contributed by atoms with Crippen LogP contribution in [0.3, 0.4) is 0 Å². The minimum Gasteiger partial charge on any atom is -0.261 e. The van der Waals surface area contributed by atoms with Crippen LogP contribution in [0.5, 0.6) is 0 Å². The quantitative estimate of drug-likeness (QED) is 0.235. The highest BCUT2D eigenvalue weighted by Crippen LogP contribution is 2.56. The summed E-state index contributed by atoms with van der Waals surface area (Å²) in [7, 11) is 0. The number of carbonyl (C=O) groups is 1. The van der Waals surface area contributed by atoms with Gasteiger partial charge in [-0.3, -0.25) is 9.53 Å². The second-order valence-electron chi connectivity index (χ2n) is 3.63. The van der Waals surface area contributed by atoms with Crippen molar-refractivity contribution in [1.82, 2.24) is 0 Å². The summed E-state index contributed by atoms with van der Waals surface area (Å²) in [4.78, 5) is 9.76. The molecule has 0 aliphatic heterocycles. The molecule has 0 aliphatic carbocycles. The highest BCUT2D eigenvalue weighted by molar-refractivity contribution is 14.1. The molecule has 1 unspecified atom stereocenters. The van der Waals surface area contributed by atoms with Crippen LogP contribution in [0, 0.1) is 0 Å². The molecule has 0 saturated heterocycles. The lowest BCUT2D eigenvalue weighted by Gasteiger charge is -2.36. The molecule has 0 aromatic carbocycles. The zero-order chi connectivity index (χ0) is 19.3. The van der Waals surface area contributed by atoms with E-state index in [1.54, 1.807) is 4.74 Å². The van der Waals surface area contributed by atoms with Crippen LogP contribution in [0.1, 0.15) is 0 Å². The minimum atomic E-state index is -7.47. The first kappa shape index (κ1) is 22.4. The molecular weight excluding hydrogens is 490 g/mol. The molecule has 0 saturated carbocycles. The van der Waals surface area contributed by atoms with Gasteiger partial charge in [-0.1, -0.05) is 0 Å². The fourth-order valence-electron chi connectivity index (χ4n) is 0.811. The fraction of sp³-hybridized carbons (Fsp3) is 0.857. The van der Waals surface area contributed by atoms with E-state index in [0.717, 1.165) is 0 Å². The monoisotopic (exact) mass is 490 g/mol. The summed E-state index contributed by atoms with van der Waals surface area (Å²) in [5, 5.41) is 0. The first-order valence-corrected chi connectivity index (χ1v) is 5.59. The van der Waals surface area contributed by atoms with Gasteiger partial charge >= 0.3 is 40.0 Å².